The molecule has 1 amide bonds. The van der Waals surface area contributed by atoms with E-state index in [4.69, 9.17) is 5.73 Å². The summed E-state index contributed by atoms with van der Waals surface area (Å²) in [5.74, 6) is 1.19. The van der Waals surface area contributed by atoms with E-state index in [1.807, 2.05) is 0 Å². The molecule has 3 fully saturated rings. The van der Waals surface area contributed by atoms with Gasteiger partial charge < -0.3 is 11.1 Å². The van der Waals surface area contributed by atoms with Crippen LogP contribution in [0, 0.1) is 11.8 Å². The molecule has 1 aliphatic heterocycles. The fraction of sp³-hybridized carbons (Fsp3) is 0.938. The molecule has 0 aromatic rings. The standard InChI is InChI=1S/C16H29N3O/c1-2-18-16(15(17)20,13-8-9-13)11-19-10-4-6-12-5-3-7-14(12)19/h12-14,18H,2-11H2,1H3,(H2,17,20). The fourth-order valence-electron chi connectivity index (χ4n) is 4.66. The molecule has 3 atom stereocenters. The van der Waals surface area contributed by atoms with Crippen molar-refractivity contribution in [2.75, 3.05) is 19.6 Å². The molecule has 3 aliphatic rings. The van der Waals surface area contributed by atoms with Gasteiger partial charge in [0.15, 0.2) is 0 Å². The maximum absolute atomic E-state index is 12.2. The highest BCUT2D eigenvalue weighted by Gasteiger charge is 2.51. The number of rotatable bonds is 6. The lowest BCUT2D eigenvalue weighted by atomic mass is 9.86. The van der Waals surface area contributed by atoms with E-state index in [9.17, 15) is 4.79 Å². The average Bonchev–Trinajstić information content (AvgIpc) is 3.16. The van der Waals surface area contributed by atoms with Crippen LogP contribution >= 0.6 is 0 Å². The molecule has 2 aliphatic carbocycles. The summed E-state index contributed by atoms with van der Waals surface area (Å²) in [6.07, 6.45) is 9.03. The van der Waals surface area contributed by atoms with Gasteiger partial charge in [0.2, 0.25) is 5.91 Å². The maximum atomic E-state index is 12.2. The second kappa shape index (κ2) is 5.64. The topological polar surface area (TPSA) is 58.4 Å². The molecule has 0 radical (unpaired) electrons. The Morgan fingerprint density at radius 3 is 2.65 bits per heavy atom. The summed E-state index contributed by atoms with van der Waals surface area (Å²) >= 11 is 0. The maximum Gasteiger partial charge on any atom is 0.239 e. The van der Waals surface area contributed by atoms with Crippen LogP contribution in [0.3, 0.4) is 0 Å². The minimum atomic E-state index is -0.473. The van der Waals surface area contributed by atoms with Gasteiger partial charge in [0.25, 0.3) is 0 Å². The first-order valence-electron chi connectivity index (χ1n) is 8.46. The minimum absolute atomic E-state index is 0.137. The van der Waals surface area contributed by atoms with E-state index in [0.29, 0.717) is 12.0 Å². The number of nitrogens with zero attached hydrogens (tertiary/aromatic N) is 1. The van der Waals surface area contributed by atoms with Crippen molar-refractivity contribution in [1.82, 2.24) is 10.2 Å². The summed E-state index contributed by atoms with van der Waals surface area (Å²) in [5.41, 5.74) is 5.35. The SMILES string of the molecule is CCNC(CN1CCCC2CCCC21)(C(N)=O)C1CC1. The summed E-state index contributed by atoms with van der Waals surface area (Å²) in [7, 11) is 0. The largest absolute Gasteiger partial charge is 0.368 e. The Morgan fingerprint density at radius 2 is 2.00 bits per heavy atom. The molecule has 1 heterocycles. The Labute approximate surface area is 122 Å². The van der Waals surface area contributed by atoms with Crippen LogP contribution in [0.5, 0.6) is 0 Å². The molecule has 2 saturated carbocycles. The smallest absolute Gasteiger partial charge is 0.239 e. The van der Waals surface area contributed by atoms with Gasteiger partial charge in [-0.15, -0.1) is 0 Å². The van der Waals surface area contributed by atoms with E-state index in [2.05, 4.69) is 17.1 Å². The van der Waals surface area contributed by atoms with E-state index in [1.54, 1.807) is 0 Å². The highest BCUT2D eigenvalue weighted by molar-refractivity contribution is 5.86. The number of hydrogen-bond donors (Lipinski definition) is 2. The quantitative estimate of drug-likeness (QED) is 0.774. The molecular formula is C16H29N3O. The number of nitrogens with one attached hydrogen (secondary N) is 1. The molecule has 0 aromatic carbocycles. The summed E-state index contributed by atoms with van der Waals surface area (Å²) in [6, 6.07) is 0.708. The third kappa shape index (κ3) is 2.48. The lowest BCUT2D eigenvalue weighted by Crippen LogP contribution is -2.65. The van der Waals surface area contributed by atoms with Gasteiger partial charge in [-0.1, -0.05) is 13.3 Å². The number of likely N-dealkylation sites (tertiary alicyclic amines) is 1. The monoisotopic (exact) mass is 279 g/mol. The zero-order chi connectivity index (χ0) is 14.2. The van der Waals surface area contributed by atoms with Gasteiger partial charge in [-0.2, -0.15) is 0 Å². The third-order valence-electron chi connectivity index (χ3n) is 5.77. The highest BCUT2D eigenvalue weighted by Crippen LogP contribution is 2.43. The van der Waals surface area contributed by atoms with Crippen LogP contribution in [-0.2, 0) is 4.79 Å². The van der Waals surface area contributed by atoms with Crippen LogP contribution in [0.15, 0.2) is 0 Å². The van der Waals surface area contributed by atoms with Gasteiger partial charge in [-0.3, -0.25) is 9.69 Å². The van der Waals surface area contributed by atoms with Crippen molar-refractivity contribution in [2.45, 2.75) is 63.5 Å². The number of amides is 1. The summed E-state index contributed by atoms with van der Waals surface area (Å²) < 4.78 is 0. The Morgan fingerprint density at radius 1 is 1.25 bits per heavy atom. The summed E-state index contributed by atoms with van der Waals surface area (Å²) in [6.45, 7) is 4.88. The lowest BCUT2D eigenvalue weighted by molar-refractivity contribution is -0.127. The number of hydrogen-bond acceptors (Lipinski definition) is 3. The van der Waals surface area contributed by atoms with Crippen molar-refractivity contribution in [1.29, 1.82) is 0 Å². The van der Waals surface area contributed by atoms with Gasteiger partial charge in [0.1, 0.15) is 5.54 Å². The van der Waals surface area contributed by atoms with Crippen LogP contribution in [0.2, 0.25) is 0 Å². The number of carbonyl (C=O) groups is 1. The minimum Gasteiger partial charge on any atom is -0.368 e. The first-order valence-corrected chi connectivity index (χ1v) is 8.46. The molecule has 0 bridgehead atoms. The Balaban J connectivity index is 1.76. The van der Waals surface area contributed by atoms with E-state index in [0.717, 1.165) is 38.4 Å². The molecule has 3 unspecified atom stereocenters. The van der Waals surface area contributed by atoms with Crippen LogP contribution in [-0.4, -0.2) is 42.0 Å². The summed E-state index contributed by atoms with van der Waals surface area (Å²) in [5, 5.41) is 3.47. The fourth-order valence-corrected chi connectivity index (χ4v) is 4.66. The number of piperidine rings is 1. The molecule has 20 heavy (non-hydrogen) atoms. The normalized spacial score (nSPS) is 33.6. The van der Waals surface area contributed by atoms with Crippen molar-refractivity contribution in [3.05, 3.63) is 0 Å². The molecule has 114 valence electrons. The predicted molar refractivity (Wildman–Crippen MR) is 80.3 cm³/mol. The first-order chi connectivity index (χ1) is 9.67. The number of fused-ring (bicyclic) bond motifs is 1. The van der Waals surface area contributed by atoms with E-state index >= 15 is 0 Å². The number of likely N-dealkylation sites (N-methyl/N-ethyl adjacent to an activating group) is 1. The average molecular weight is 279 g/mol. The molecule has 0 spiro atoms. The van der Waals surface area contributed by atoms with Gasteiger partial charge in [0, 0.05) is 12.6 Å². The molecule has 3 rings (SSSR count). The highest BCUT2D eigenvalue weighted by atomic mass is 16.1. The molecule has 4 heteroatoms. The van der Waals surface area contributed by atoms with E-state index in [-0.39, 0.29) is 5.91 Å². The van der Waals surface area contributed by atoms with Crippen molar-refractivity contribution in [3.8, 4) is 0 Å². The van der Waals surface area contributed by atoms with Crippen LogP contribution in [0.25, 0.3) is 0 Å². The number of nitrogens with two attached hydrogens (primary N) is 1. The number of primary amides is 1. The second-order valence-corrected chi connectivity index (χ2v) is 7.01. The molecular weight excluding hydrogens is 250 g/mol. The van der Waals surface area contributed by atoms with E-state index < -0.39 is 5.54 Å². The Bertz CT molecular complexity index is 369. The lowest BCUT2D eigenvalue weighted by Gasteiger charge is -2.44. The predicted octanol–water partition coefficient (Wildman–Crippen LogP) is 1.49. The van der Waals surface area contributed by atoms with E-state index in [1.165, 1.54) is 32.1 Å². The first kappa shape index (κ1) is 14.3. The van der Waals surface area contributed by atoms with Gasteiger partial charge >= 0.3 is 0 Å². The zero-order valence-corrected chi connectivity index (χ0v) is 12.7. The zero-order valence-electron chi connectivity index (χ0n) is 12.7. The summed E-state index contributed by atoms with van der Waals surface area (Å²) in [4.78, 5) is 14.8. The van der Waals surface area contributed by atoms with Crippen molar-refractivity contribution in [3.63, 3.8) is 0 Å². The van der Waals surface area contributed by atoms with Crippen molar-refractivity contribution < 1.29 is 4.79 Å². The van der Waals surface area contributed by atoms with Crippen molar-refractivity contribution in [2.24, 2.45) is 17.6 Å². The molecule has 3 N–H and O–H groups in total. The van der Waals surface area contributed by atoms with Crippen molar-refractivity contribution >= 4 is 5.91 Å². The third-order valence-corrected chi connectivity index (χ3v) is 5.77. The molecule has 1 saturated heterocycles. The van der Waals surface area contributed by atoms with Gasteiger partial charge in [-0.05, 0) is 63.5 Å². The Hall–Kier alpha value is -0.610. The van der Waals surface area contributed by atoms with Crippen LogP contribution in [0.1, 0.15) is 51.9 Å². The van der Waals surface area contributed by atoms with Gasteiger partial charge in [0.05, 0.1) is 0 Å². The van der Waals surface area contributed by atoms with Crippen LogP contribution in [0.4, 0.5) is 0 Å². The molecule has 4 nitrogen and oxygen atoms in total. The van der Waals surface area contributed by atoms with Gasteiger partial charge in [-0.25, -0.2) is 0 Å². The second-order valence-electron chi connectivity index (χ2n) is 7.01. The number of carbonyl (C=O) groups excluding carboxylic acids is 1. The van der Waals surface area contributed by atoms with Crippen LogP contribution < -0.4 is 11.1 Å². The molecule has 0 aromatic heterocycles. The Kier molecular flexibility index (Phi) is 4.04.